The van der Waals surface area contributed by atoms with Crippen LogP contribution in [0.4, 0.5) is 13.2 Å². The van der Waals surface area contributed by atoms with Crippen LogP contribution in [0.2, 0.25) is 0 Å². The second kappa shape index (κ2) is 7.71. The molecule has 4 nitrogen and oxygen atoms in total. The molecule has 0 aliphatic carbocycles. The number of amides is 1. The van der Waals surface area contributed by atoms with Crippen molar-refractivity contribution in [2.45, 2.75) is 31.5 Å². The number of nitrogens with zero attached hydrogens (tertiary/aromatic N) is 2. The molecule has 2 heterocycles. The minimum atomic E-state index is -4.38. The van der Waals surface area contributed by atoms with Gasteiger partial charge in [-0.25, -0.2) is 0 Å². The molecule has 0 saturated carbocycles. The average Bonchev–Trinajstić information content (AvgIpc) is 2.69. The fourth-order valence-electron chi connectivity index (χ4n) is 4.10. The first kappa shape index (κ1) is 19.8. The lowest BCUT2D eigenvalue weighted by atomic mass is 9.94. The summed E-state index contributed by atoms with van der Waals surface area (Å²) in [6.45, 7) is 2.60. The van der Waals surface area contributed by atoms with E-state index >= 15 is 0 Å². The summed E-state index contributed by atoms with van der Waals surface area (Å²) in [7, 11) is 2.09. The summed E-state index contributed by atoms with van der Waals surface area (Å²) in [5.41, 5.74) is 0.727. The van der Waals surface area contributed by atoms with Crippen LogP contribution in [0.3, 0.4) is 0 Å². The van der Waals surface area contributed by atoms with Crippen LogP contribution in [0.1, 0.15) is 34.3 Å². The third-order valence-corrected chi connectivity index (χ3v) is 5.77. The summed E-state index contributed by atoms with van der Waals surface area (Å²) >= 11 is 0. The topological polar surface area (TPSA) is 32.8 Å². The van der Waals surface area contributed by atoms with Gasteiger partial charge in [0.15, 0.2) is 0 Å². The lowest BCUT2D eigenvalue weighted by molar-refractivity contribution is -0.137. The zero-order valence-electron chi connectivity index (χ0n) is 16.2. The highest BCUT2D eigenvalue weighted by molar-refractivity contribution is 5.97. The van der Waals surface area contributed by atoms with E-state index in [9.17, 15) is 18.0 Å². The predicted octanol–water partition coefficient (Wildman–Crippen LogP) is 4.59. The van der Waals surface area contributed by atoms with Crippen LogP contribution in [0.25, 0.3) is 0 Å². The van der Waals surface area contributed by atoms with Gasteiger partial charge in [0.2, 0.25) is 0 Å². The molecule has 0 radical (unpaired) electrons. The van der Waals surface area contributed by atoms with E-state index in [0.29, 0.717) is 30.0 Å². The van der Waals surface area contributed by atoms with Crippen LogP contribution in [0, 0.1) is 0 Å². The number of hydrogen-bond donors (Lipinski definition) is 0. The number of benzene rings is 2. The van der Waals surface area contributed by atoms with Gasteiger partial charge in [-0.1, -0.05) is 6.07 Å². The quantitative estimate of drug-likeness (QED) is 0.750. The SMILES string of the molecule is CN1CCC(N2CCc3c(Oc4ccc(C(F)(F)F)cc4)cccc3C2=O)CC1. The molecule has 4 rings (SSSR count). The van der Waals surface area contributed by atoms with Gasteiger partial charge in [0.25, 0.3) is 5.91 Å². The molecule has 2 aliphatic heterocycles. The van der Waals surface area contributed by atoms with Gasteiger partial charge < -0.3 is 14.5 Å². The lowest BCUT2D eigenvalue weighted by Gasteiger charge is -2.40. The van der Waals surface area contributed by atoms with Crippen molar-refractivity contribution < 1.29 is 22.7 Å². The van der Waals surface area contributed by atoms with Crippen molar-refractivity contribution in [1.29, 1.82) is 0 Å². The molecule has 2 aromatic carbocycles. The van der Waals surface area contributed by atoms with Crippen molar-refractivity contribution in [1.82, 2.24) is 9.80 Å². The van der Waals surface area contributed by atoms with E-state index < -0.39 is 11.7 Å². The summed E-state index contributed by atoms with van der Waals surface area (Å²) in [5, 5.41) is 0. The molecule has 154 valence electrons. The van der Waals surface area contributed by atoms with Crippen molar-refractivity contribution in [2.24, 2.45) is 0 Å². The second-order valence-corrected chi connectivity index (χ2v) is 7.69. The number of piperidine rings is 1. The van der Waals surface area contributed by atoms with Gasteiger partial charge in [0.1, 0.15) is 11.5 Å². The highest BCUT2D eigenvalue weighted by Gasteiger charge is 2.33. The highest BCUT2D eigenvalue weighted by Crippen LogP contribution is 2.35. The molecular weight excluding hydrogens is 381 g/mol. The number of ether oxygens (including phenoxy) is 1. The normalized spacial score (nSPS) is 18.6. The maximum atomic E-state index is 13.1. The largest absolute Gasteiger partial charge is 0.457 e. The summed E-state index contributed by atoms with van der Waals surface area (Å²) in [5.74, 6) is 0.855. The summed E-state index contributed by atoms with van der Waals surface area (Å²) in [4.78, 5) is 17.3. The smallest absolute Gasteiger partial charge is 0.416 e. The van der Waals surface area contributed by atoms with Crippen LogP contribution >= 0.6 is 0 Å². The number of alkyl halides is 3. The number of carbonyl (C=O) groups excluding carboxylic acids is 1. The Morgan fingerprint density at radius 3 is 2.34 bits per heavy atom. The monoisotopic (exact) mass is 404 g/mol. The Bertz CT molecular complexity index is 888. The van der Waals surface area contributed by atoms with Crippen LogP contribution < -0.4 is 4.74 Å². The van der Waals surface area contributed by atoms with E-state index in [1.807, 2.05) is 4.90 Å². The number of fused-ring (bicyclic) bond motifs is 1. The van der Waals surface area contributed by atoms with E-state index in [2.05, 4.69) is 11.9 Å². The van der Waals surface area contributed by atoms with Gasteiger partial charge >= 0.3 is 6.18 Å². The van der Waals surface area contributed by atoms with Gasteiger partial charge in [-0.15, -0.1) is 0 Å². The molecule has 2 aliphatic rings. The van der Waals surface area contributed by atoms with Gasteiger partial charge in [-0.3, -0.25) is 4.79 Å². The highest BCUT2D eigenvalue weighted by atomic mass is 19.4. The molecule has 0 N–H and O–H groups in total. The third-order valence-electron chi connectivity index (χ3n) is 5.77. The maximum absolute atomic E-state index is 13.1. The first-order valence-electron chi connectivity index (χ1n) is 9.79. The van der Waals surface area contributed by atoms with Crippen molar-refractivity contribution in [3.05, 3.63) is 59.2 Å². The zero-order valence-corrected chi connectivity index (χ0v) is 16.2. The van der Waals surface area contributed by atoms with Crippen molar-refractivity contribution in [3.8, 4) is 11.5 Å². The third kappa shape index (κ3) is 4.10. The Morgan fingerprint density at radius 1 is 1.00 bits per heavy atom. The second-order valence-electron chi connectivity index (χ2n) is 7.69. The number of rotatable bonds is 3. The summed E-state index contributed by atoms with van der Waals surface area (Å²) in [6, 6.07) is 10.2. The Labute approximate surface area is 167 Å². The van der Waals surface area contributed by atoms with E-state index in [4.69, 9.17) is 4.74 Å². The first-order chi connectivity index (χ1) is 13.8. The number of hydrogen-bond acceptors (Lipinski definition) is 3. The van der Waals surface area contributed by atoms with E-state index in [-0.39, 0.29) is 11.9 Å². The Hall–Kier alpha value is -2.54. The molecule has 7 heteroatoms. The minimum absolute atomic E-state index is 0.0127. The standard InChI is InChI=1S/C22H23F3N2O2/c1-26-12-9-16(10-13-26)27-14-11-18-19(21(27)28)3-2-4-20(18)29-17-7-5-15(6-8-17)22(23,24)25/h2-8,16H,9-14H2,1H3. The Kier molecular flexibility index (Phi) is 5.25. The molecule has 1 amide bonds. The van der Waals surface area contributed by atoms with Gasteiger partial charge in [0, 0.05) is 23.7 Å². The van der Waals surface area contributed by atoms with Crippen LogP contribution in [0.15, 0.2) is 42.5 Å². The van der Waals surface area contributed by atoms with Crippen molar-refractivity contribution in [2.75, 3.05) is 26.7 Å². The summed E-state index contributed by atoms with van der Waals surface area (Å²) < 4.78 is 44.1. The molecule has 0 aromatic heterocycles. The minimum Gasteiger partial charge on any atom is -0.457 e. The molecule has 0 bridgehead atoms. The molecule has 1 fully saturated rings. The van der Waals surface area contributed by atoms with Gasteiger partial charge in [-0.2, -0.15) is 13.2 Å². The van der Waals surface area contributed by atoms with Crippen molar-refractivity contribution >= 4 is 5.91 Å². The van der Waals surface area contributed by atoms with Crippen LogP contribution in [0.5, 0.6) is 11.5 Å². The zero-order chi connectivity index (χ0) is 20.6. The molecule has 2 aromatic rings. The molecular formula is C22H23F3N2O2. The van der Waals surface area contributed by atoms with E-state index in [0.717, 1.165) is 43.6 Å². The number of carbonyl (C=O) groups is 1. The fourth-order valence-corrected chi connectivity index (χ4v) is 4.10. The van der Waals surface area contributed by atoms with Crippen LogP contribution in [-0.2, 0) is 12.6 Å². The van der Waals surface area contributed by atoms with Crippen molar-refractivity contribution in [3.63, 3.8) is 0 Å². The molecule has 1 saturated heterocycles. The first-order valence-corrected chi connectivity index (χ1v) is 9.79. The average molecular weight is 404 g/mol. The molecule has 0 spiro atoms. The fraction of sp³-hybridized carbons (Fsp3) is 0.409. The van der Waals surface area contributed by atoms with E-state index in [1.165, 1.54) is 12.1 Å². The number of likely N-dealkylation sites (tertiary alicyclic amines) is 1. The Balaban J connectivity index is 1.53. The molecule has 29 heavy (non-hydrogen) atoms. The molecule has 0 unspecified atom stereocenters. The van der Waals surface area contributed by atoms with Gasteiger partial charge in [-0.05, 0) is 75.8 Å². The van der Waals surface area contributed by atoms with Gasteiger partial charge in [0.05, 0.1) is 5.56 Å². The Morgan fingerprint density at radius 2 is 1.69 bits per heavy atom. The lowest BCUT2D eigenvalue weighted by Crippen LogP contribution is -2.49. The number of halogens is 3. The van der Waals surface area contributed by atoms with E-state index in [1.54, 1.807) is 18.2 Å². The molecule has 0 atom stereocenters. The predicted molar refractivity (Wildman–Crippen MR) is 103 cm³/mol. The van der Waals surface area contributed by atoms with Crippen LogP contribution in [-0.4, -0.2) is 48.4 Å². The summed E-state index contributed by atoms with van der Waals surface area (Å²) in [6.07, 6.45) is -1.77. The maximum Gasteiger partial charge on any atom is 0.416 e.